The third-order valence-corrected chi connectivity index (χ3v) is 5.73. The molecule has 134 valence electrons. The average molecular weight is 352 g/mol. The highest BCUT2D eigenvalue weighted by Crippen LogP contribution is 2.43. The van der Waals surface area contributed by atoms with Crippen LogP contribution in [0.25, 0.3) is 0 Å². The zero-order valence-corrected chi connectivity index (χ0v) is 15.5. The molecule has 0 bridgehead atoms. The second-order valence-electron chi connectivity index (χ2n) is 7.20. The summed E-state index contributed by atoms with van der Waals surface area (Å²) in [6, 6.07) is 34.8. The molecule has 2 nitrogen and oxygen atoms in total. The molecule has 2 heteroatoms. The van der Waals surface area contributed by atoms with Gasteiger partial charge in [0.15, 0.2) is 0 Å². The second kappa shape index (κ2) is 7.78. The van der Waals surface area contributed by atoms with Crippen LogP contribution in [0.1, 0.15) is 29.5 Å². The van der Waals surface area contributed by atoms with Crippen molar-refractivity contribution in [2.24, 2.45) is 5.92 Å². The van der Waals surface area contributed by atoms with E-state index in [2.05, 4.69) is 102 Å². The third-order valence-electron chi connectivity index (χ3n) is 5.73. The Morgan fingerprint density at radius 2 is 1.04 bits per heavy atom. The fourth-order valence-corrected chi connectivity index (χ4v) is 4.43. The number of nitrogens with zero attached hydrogens (tertiary/aromatic N) is 2. The van der Waals surface area contributed by atoms with E-state index >= 15 is 0 Å². The molecule has 0 aliphatic carbocycles. The fourth-order valence-electron chi connectivity index (χ4n) is 4.43. The van der Waals surface area contributed by atoms with Gasteiger partial charge in [0, 0.05) is 19.0 Å². The van der Waals surface area contributed by atoms with Crippen molar-refractivity contribution in [2.75, 3.05) is 13.1 Å². The van der Waals surface area contributed by atoms with E-state index in [0.717, 1.165) is 25.9 Å². The number of nitriles is 1. The van der Waals surface area contributed by atoms with Crippen LogP contribution in [-0.4, -0.2) is 18.0 Å². The standard InChI is InChI=1S/C25H24N2/c26-20-21-16-18-27(19-17-21)25(22-10-4-1-5-11-22,23-12-6-2-7-13-23)24-14-8-3-9-15-24/h1-15,21H,16-19H2. The van der Waals surface area contributed by atoms with Gasteiger partial charge in [-0.1, -0.05) is 91.0 Å². The summed E-state index contributed by atoms with van der Waals surface area (Å²) >= 11 is 0. The van der Waals surface area contributed by atoms with E-state index in [1.165, 1.54) is 16.7 Å². The van der Waals surface area contributed by atoms with Crippen molar-refractivity contribution in [1.82, 2.24) is 4.90 Å². The van der Waals surface area contributed by atoms with Gasteiger partial charge < -0.3 is 0 Å². The van der Waals surface area contributed by atoms with Gasteiger partial charge in [-0.15, -0.1) is 0 Å². The van der Waals surface area contributed by atoms with Gasteiger partial charge in [-0.25, -0.2) is 0 Å². The van der Waals surface area contributed by atoms with Crippen LogP contribution in [0.4, 0.5) is 0 Å². The van der Waals surface area contributed by atoms with E-state index in [1.54, 1.807) is 0 Å². The summed E-state index contributed by atoms with van der Waals surface area (Å²) in [6.07, 6.45) is 1.84. The first-order chi connectivity index (χ1) is 13.4. The predicted molar refractivity (Wildman–Crippen MR) is 109 cm³/mol. The lowest BCUT2D eigenvalue weighted by Crippen LogP contribution is -2.51. The molecule has 0 unspecified atom stereocenters. The van der Waals surface area contributed by atoms with Crippen LogP contribution in [0.2, 0.25) is 0 Å². The third kappa shape index (κ3) is 3.16. The Balaban J connectivity index is 1.94. The van der Waals surface area contributed by atoms with E-state index in [4.69, 9.17) is 0 Å². The summed E-state index contributed by atoms with van der Waals surface area (Å²) in [5.74, 6) is 0.168. The van der Waals surface area contributed by atoms with Gasteiger partial charge in [-0.05, 0) is 29.5 Å². The van der Waals surface area contributed by atoms with Crippen LogP contribution in [0.5, 0.6) is 0 Å². The fraction of sp³-hybridized carbons (Fsp3) is 0.240. The summed E-state index contributed by atoms with van der Waals surface area (Å²) in [5.41, 5.74) is 3.48. The van der Waals surface area contributed by atoms with E-state index < -0.39 is 0 Å². The largest absolute Gasteiger partial charge is 0.286 e. The SMILES string of the molecule is N#CC1CCN(C(c2ccccc2)(c2ccccc2)c2ccccc2)CC1. The highest BCUT2D eigenvalue weighted by Gasteiger charge is 2.43. The maximum absolute atomic E-state index is 9.36. The molecule has 0 spiro atoms. The normalized spacial score (nSPS) is 16.0. The summed E-state index contributed by atoms with van der Waals surface area (Å²) in [4.78, 5) is 2.57. The first kappa shape index (κ1) is 17.5. The van der Waals surface area contributed by atoms with Crippen LogP contribution in [0.15, 0.2) is 91.0 Å². The Hall–Kier alpha value is -2.89. The van der Waals surface area contributed by atoms with E-state index in [9.17, 15) is 5.26 Å². The molecule has 0 amide bonds. The molecular formula is C25H24N2. The van der Waals surface area contributed by atoms with Crippen LogP contribution in [0, 0.1) is 17.2 Å². The van der Waals surface area contributed by atoms with Crippen molar-refractivity contribution in [1.29, 1.82) is 5.26 Å². The molecule has 3 aromatic rings. The van der Waals surface area contributed by atoms with Gasteiger partial charge in [-0.2, -0.15) is 5.26 Å². The highest BCUT2D eigenvalue weighted by atomic mass is 15.2. The monoisotopic (exact) mass is 352 g/mol. The van der Waals surface area contributed by atoms with Crippen LogP contribution >= 0.6 is 0 Å². The molecule has 0 atom stereocenters. The van der Waals surface area contributed by atoms with Gasteiger partial charge in [0.05, 0.1) is 11.6 Å². The van der Waals surface area contributed by atoms with E-state index in [1.807, 2.05) is 0 Å². The van der Waals surface area contributed by atoms with Crippen molar-refractivity contribution < 1.29 is 0 Å². The molecule has 3 aromatic carbocycles. The lowest BCUT2D eigenvalue weighted by molar-refractivity contribution is 0.114. The zero-order valence-electron chi connectivity index (χ0n) is 15.5. The van der Waals surface area contributed by atoms with Crippen molar-refractivity contribution in [3.8, 4) is 6.07 Å². The van der Waals surface area contributed by atoms with Gasteiger partial charge in [0.25, 0.3) is 0 Å². The van der Waals surface area contributed by atoms with E-state index in [-0.39, 0.29) is 11.5 Å². The number of likely N-dealkylation sites (tertiary alicyclic amines) is 1. The minimum absolute atomic E-state index is 0.168. The van der Waals surface area contributed by atoms with Crippen LogP contribution in [0.3, 0.4) is 0 Å². The molecule has 4 rings (SSSR count). The minimum Gasteiger partial charge on any atom is -0.286 e. The second-order valence-corrected chi connectivity index (χ2v) is 7.20. The van der Waals surface area contributed by atoms with Crippen LogP contribution in [-0.2, 0) is 5.54 Å². The summed E-state index contributed by atoms with van der Waals surface area (Å²) in [7, 11) is 0. The molecule has 1 aliphatic rings. The lowest BCUT2D eigenvalue weighted by Gasteiger charge is -2.48. The topological polar surface area (TPSA) is 27.0 Å². The molecule has 1 fully saturated rings. The van der Waals surface area contributed by atoms with E-state index in [0.29, 0.717) is 0 Å². The Kier molecular flexibility index (Phi) is 5.05. The minimum atomic E-state index is -0.343. The first-order valence-electron chi connectivity index (χ1n) is 9.67. The summed E-state index contributed by atoms with van der Waals surface area (Å²) in [5, 5.41) is 9.36. The van der Waals surface area contributed by atoms with Gasteiger partial charge in [0.1, 0.15) is 0 Å². The Morgan fingerprint density at radius 1 is 0.667 bits per heavy atom. The Bertz CT molecular complexity index is 793. The maximum Gasteiger partial charge on any atom is 0.0972 e. The van der Waals surface area contributed by atoms with Gasteiger partial charge >= 0.3 is 0 Å². The Labute approximate surface area is 161 Å². The predicted octanol–water partition coefficient (Wildman–Crippen LogP) is 5.21. The molecule has 0 N–H and O–H groups in total. The molecule has 1 saturated heterocycles. The zero-order chi connectivity index (χ0) is 18.5. The van der Waals surface area contributed by atoms with Gasteiger partial charge in [0.2, 0.25) is 0 Å². The lowest BCUT2D eigenvalue weighted by atomic mass is 9.74. The first-order valence-corrected chi connectivity index (χ1v) is 9.67. The summed E-state index contributed by atoms with van der Waals surface area (Å²) < 4.78 is 0. The average Bonchev–Trinajstić information content (AvgIpc) is 2.77. The van der Waals surface area contributed by atoms with Gasteiger partial charge in [-0.3, -0.25) is 4.90 Å². The highest BCUT2D eigenvalue weighted by molar-refractivity contribution is 5.49. The molecule has 0 saturated carbocycles. The number of rotatable bonds is 4. The number of piperidine rings is 1. The molecule has 0 aromatic heterocycles. The smallest absolute Gasteiger partial charge is 0.0972 e. The van der Waals surface area contributed by atoms with Crippen molar-refractivity contribution in [3.05, 3.63) is 108 Å². The quantitative estimate of drug-likeness (QED) is 0.602. The molecule has 1 heterocycles. The number of hydrogen-bond donors (Lipinski definition) is 0. The Morgan fingerprint density at radius 3 is 1.37 bits per heavy atom. The molecule has 1 aliphatic heterocycles. The number of benzene rings is 3. The molecular weight excluding hydrogens is 328 g/mol. The molecule has 0 radical (unpaired) electrons. The summed E-state index contributed by atoms with van der Waals surface area (Å²) in [6.45, 7) is 1.83. The number of hydrogen-bond acceptors (Lipinski definition) is 2. The van der Waals surface area contributed by atoms with Crippen molar-refractivity contribution in [2.45, 2.75) is 18.4 Å². The van der Waals surface area contributed by atoms with Crippen molar-refractivity contribution in [3.63, 3.8) is 0 Å². The van der Waals surface area contributed by atoms with Crippen molar-refractivity contribution >= 4 is 0 Å². The maximum atomic E-state index is 9.36. The van der Waals surface area contributed by atoms with Crippen LogP contribution < -0.4 is 0 Å². The molecule has 27 heavy (non-hydrogen) atoms.